The lowest BCUT2D eigenvalue weighted by Crippen LogP contribution is -1.97. The van der Waals surface area contributed by atoms with Gasteiger partial charge in [-0.1, -0.05) is 146 Å². The predicted molar refractivity (Wildman–Crippen MR) is 221 cm³/mol. The number of fused-ring (bicyclic) bond motifs is 8. The molecule has 0 N–H and O–H groups in total. The van der Waals surface area contributed by atoms with E-state index in [9.17, 15) is 0 Å². The first kappa shape index (κ1) is 28.9. The van der Waals surface area contributed by atoms with Gasteiger partial charge < -0.3 is 9.13 Å². The Balaban J connectivity index is 1.20. The average Bonchev–Trinajstić information content (AvgIpc) is 3.72. The zero-order valence-corrected chi connectivity index (χ0v) is 28.4. The molecule has 11 aromatic rings. The van der Waals surface area contributed by atoms with Crippen LogP contribution in [0.4, 0.5) is 0 Å². The van der Waals surface area contributed by atoms with Crippen LogP contribution in [0.15, 0.2) is 194 Å². The number of hydrogen-bond acceptors (Lipinski definition) is 0. The van der Waals surface area contributed by atoms with Crippen LogP contribution in [0.2, 0.25) is 0 Å². The Morgan fingerprint density at radius 1 is 0.269 bits per heavy atom. The van der Waals surface area contributed by atoms with Gasteiger partial charge in [0.1, 0.15) is 0 Å². The third-order valence-electron chi connectivity index (χ3n) is 10.9. The van der Waals surface area contributed by atoms with Gasteiger partial charge in [-0.05, 0) is 86.8 Å². The van der Waals surface area contributed by atoms with E-state index < -0.39 is 0 Å². The van der Waals surface area contributed by atoms with Gasteiger partial charge in [0.15, 0.2) is 0 Å². The molecule has 0 radical (unpaired) electrons. The van der Waals surface area contributed by atoms with E-state index in [1.54, 1.807) is 0 Å². The average molecular weight is 661 g/mol. The molecule has 2 aromatic heterocycles. The van der Waals surface area contributed by atoms with Gasteiger partial charge in [-0.3, -0.25) is 0 Å². The molecule has 2 heteroatoms. The summed E-state index contributed by atoms with van der Waals surface area (Å²) in [6.07, 6.45) is 0. The van der Waals surface area contributed by atoms with E-state index in [-0.39, 0.29) is 0 Å². The van der Waals surface area contributed by atoms with Crippen molar-refractivity contribution < 1.29 is 0 Å². The molecule has 0 aliphatic rings. The second-order valence-electron chi connectivity index (χ2n) is 13.8. The van der Waals surface area contributed by atoms with E-state index in [1.165, 1.54) is 93.1 Å². The Kier molecular flexibility index (Phi) is 6.28. The van der Waals surface area contributed by atoms with Crippen molar-refractivity contribution in [1.29, 1.82) is 0 Å². The molecule has 0 unspecified atom stereocenters. The number of para-hydroxylation sites is 2. The summed E-state index contributed by atoms with van der Waals surface area (Å²) < 4.78 is 4.92. The summed E-state index contributed by atoms with van der Waals surface area (Å²) >= 11 is 0. The number of aromatic nitrogens is 2. The number of nitrogens with zero attached hydrogens (tertiary/aromatic N) is 2. The third-order valence-corrected chi connectivity index (χ3v) is 10.9. The van der Waals surface area contributed by atoms with Crippen molar-refractivity contribution >= 4 is 65.2 Å². The Morgan fingerprint density at radius 3 is 1.60 bits per heavy atom. The number of benzene rings is 9. The fourth-order valence-corrected chi connectivity index (χ4v) is 8.51. The Hall–Kier alpha value is -6.90. The van der Waals surface area contributed by atoms with Gasteiger partial charge in [0, 0.05) is 38.5 Å². The fourth-order valence-electron chi connectivity index (χ4n) is 8.51. The van der Waals surface area contributed by atoms with Gasteiger partial charge in [0.2, 0.25) is 0 Å². The highest BCUT2D eigenvalue weighted by Crippen LogP contribution is 2.44. The lowest BCUT2D eigenvalue weighted by molar-refractivity contribution is 1.17. The summed E-state index contributed by atoms with van der Waals surface area (Å²) in [5, 5.41) is 9.98. The molecule has 0 saturated carbocycles. The molecule has 11 rings (SSSR count). The van der Waals surface area contributed by atoms with Gasteiger partial charge in [-0.2, -0.15) is 0 Å². The maximum absolute atomic E-state index is 2.50. The van der Waals surface area contributed by atoms with Crippen LogP contribution in [0, 0.1) is 0 Å². The summed E-state index contributed by atoms with van der Waals surface area (Å²) in [4.78, 5) is 0. The molecular formula is C50H32N2. The van der Waals surface area contributed by atoms with Gasteiger partial charge in [-0.15, -0.1) is 0 Å². The second-order valence-corrected chi connectivity index (χ2v) is 13.8. The zero-order chi connectivity index (χ0) is 34.2. The lowest BCUT2D eigenvalue weighted by atomic mass is 9.93. The Morgan fingerprint density at radius 2 is 0.808 bits per heavy atom. The third kappa shape index (κ3) is 4.31. The Bertz CT molecular complexity index is 3160. The quantitative estimate of drug-likeness (QED) is 0.178. The molecule has 0 bridgehead atoms. The summed E-state index contributed by atoms with van der Waals surface area (Å²) in [5.41, 5.74) is 12.1. The van der Waals surface area contributed by atoms with Crippen LogP contribution in [0.1, 0.15) is 0 Å². The first-order chi connectivity index (χ1) is 25.8. The van der Waals surface area contributed by atoms with Crippen LogP contribution in [0.5, 0.6) is 0 Å². The van der Waals surface area contributed by atoms with Crippen molar-refractivity contribution in [2.45, 2.75) is 0 Å². The minimum Gasteiger partial charge on any atom is -0.309 e. The van der Waals surface area contributed by atoms with E-state index in [2.05, 4.69) is 203 Å². The van der Waals surface area contributed by atoms with Crippen molar-refractivity contribution in [3.05, 3.63) is 194 Å². The smallest absolute Gasteiger partial charge is 0.0625 e. The normalized spacial score (nSPS) is 11.8. The van der Waals surface area contributed by atoms with Crippen LogP contribution >= 0.6 is 0 Å². The largest absolute Gasteiger partial charge is 0.309 e. The highest BCUT2D eigenvalue weighted by atomic mass is 15.0. The summed E-state index contributed by atoms with van der Waals surface area (Å²) in [7, 11) is 0. The van der Waals surface area contributed by atoms with E-state index in [4.69, 9.17) is 0 Å². The van der Waals surface area contributed by atoms with Crippen LogP contribution in [-0.4, -0.2) is 9.13 Å². The van der Waals surface area contributed by atoms with Crippen molar-refractivity contribution in [3.8, 4) is 33.6 Å². The van der Waals surface area contributed by atoms with Crippen LogP contribution in [0.25, 0.3) is 98.8 Å². The molecule has 0 amide bonds. The van der Waals surface area contributed by atoms with Crippen LogP contribution < -0.4 is 0 Å². The standard InChI is InChI=1S/C50H32N2/c1-2-12-33(13-3-1)35-22-24-36(25-23-35)49-41-17-7-6-16-38(41)31-45-43-19-9-11-21-47(43)52(50(45)49)40-28-29-48-44(32-40)42-18-8-10-20-46(42)51(48)39-27-26-34-14-4-5-15-37(34)30-39/h1-32H. The predicted octanol–water partition coefficient (Wildman–Crippen LogP) is 13.5. The summed E-state index contributed by atoms with van der Waals surface area (Å²) in [5.74, 6) is 0. The molecule has 2 heterocycles. The minimum absolute atomic E-state index is 1.15. The van der Waals surface area contributed by atoms with E-state index in [0.717, 1.165) is 5.69 Å². The maximum atomic E-state index is 2.50. The molecule has 52 heavy (non-hydrogen) atoms. The van der Waals surface area contributed by atoms with Crippen LogP contribution in [0.3, 0.4) is 0 Å². The van der Waals surface area contributed by atoms with Crippen molar-refractivity contribution in [3.63, 3.8) is 0 Å². The van der Waals surface area contributed by atoms with Gasteiger partial charge in [0.25, 0.3) is 0 Å². The Labute approximate surface area is 301 Å². The lowest BCUT2D eigenvalue weighted by Gasteiger charge is -2.15. The molecule has 0 saturated heterocycles. The molecule has 9 aromatic carbocycles. The van der Waals surface area contributed by atoms with Gasteiger partial charge >= 0.3 is 0 Å². The molecule has 0 spiro atoms. The first-order valence-corrected chi connectivity index (χ1v) is 17.9. The van der Waals surface area contributed by atoms with Crippen molar-refractivity contribution in [1.82, 2.24) is 9.13 Å². The number of hydrogen-bond donors (Lipinski definition) is 0. The molecule has 0 aliphatic heterocycles. The van der Waals surface area contributed by atoms with Crippen molar-refractivity contribution in [2.24, 2.45) is 0 Å². The highest BCUT2D eigenvalue weighted by Gasteiger charge is 2.21. The van der Waals surface area contributed by atoms with Crippen molar-refractivity contribution in [2.75, 3.05) is 0 Å². The van der Waals surface area contributed by atoms with E-state index in [1.807, 2.05) is 0 Å². The monoisotopic (exact) mass is 660 g/mol. The topological polar surface area (TPSA) is 9.86 Å². The molecular weight excluding hydrogens is 629 g/mol. The summed E-state index contributed by atoms with van der Waals surface area (Å²) in [6.45, 7) is 0. The highest BCUT2D eigenvalue weighted by molar-refractivity contribution is 6.21. The van der Waals surface area contributed by atoms with Gasteiger partial charge in [-0.25, -0.2) is 0 Å². The van der Waals surface area contributed by atoms with E-state index >= 15 is 0 Å². The van der Waals surface area contributed by atoms with Gasteiger partial charge in [0.05, 0.1) is 22.1 Å². The van der Waals surface area contributed by atoms with Crippen LogP contribution in [-0.2, 0) is 0 Å². The number of rotatable bonds is 4. The maximum Gasteiger partial charge on any atom is 0.0625 e. The van der Waals surface area contributed by atoms with E-state index in [0.29, 0.717) is 0 Å². The molecule has 0 fully saturated rings. The second kappa shape index (κ2) is 11.3. The minimum atomic E-state index is 1.15. The molecule has 0 atom stereocenters. The fraction of sp³-hybridized carbons (Fsp3) is 0. The zero-order valence-electron chi connectivity index (χ0n) is 28.4. The molecule has 2 nitrogen and oxygen atoms in total. The summed E-state index contributed by atoms with van der Waals surface area (Å²) in [6, 6.07) is 71.1. The molecule has 242 valence electrons. The molecule has 0 aliphatic carbocycles. The SMILES string of the molecule is c1ccc(-c2ccc(-c3c4ccccc4cc4c5ccccc5n(-c5ccc6c(c5)c5ccccc5n6-c5ccc6ccccc6c5)c34)cc2)cc1. The first-order valence-electron chi connectivity index (χ1n) is 17.9.